The van der Waals surface area contributed by atoms with Crippen LogP contribution in [0.1, 0.15) is 223 Å². The highest BCUT2D eigenvalue weighted by atomic mass is 32.1. The first-order chi connectivity index (χ1) is 70.3. The number of imidazole rings is 4. The zero-order chi connectivity index (χ0) is 106. The minimum Gasteiger partial charge on any atom is -0.456 e. The maximum atomic E-state index is 8.79. The number of thiazole rings is 1. The maximum absolute atomic E-state index is 8.79. The Bertz CT molecular complexity index is 8380. The molecule has 23 rings (SSSR count). The van der Waals surface area contributed by atoms with Crippen molar-refractivity contribution in [1.82, 2.24) is 48.2 Å². The number of para-hydroxylation sites is 13. The van der Waals surface area contributed by atoms with Crippen LogP contribution in [0, 0.1) is 29.2 Å². The van der Waals surface area contributed by atoms with Crippen molar-refractivity contribution in [2.24, 2.45) is 0 Å². The predicted molar refractivity (Wildman–Crippen MR) is 622 cm³/mol. The number of fused-ring (bicyclic) bond motifs is 12. The summed E-state index contributed by atoms with van der Waals surface area (Å²) in [6.07, 6.45) is 0. The van der Waals surface area contributed by atoms with E-state index in [1.807, 2.05) is 127 Å². The molecule has 0 aliphatic carbocycles. The minimum absolute atomic E-state index is 0.00879. The molecule has 0 saturated carbocycles. The Labute approximate surface area is 878 Å². The third-order valence-electron chi connectivity index (χ3n) is 25.2. The number of benzene rings is 15. The summed E-state index contributed by atoms with van der Waals surface area (Å²) in [6, 6.07) is 126. The fraction of sp³-hybridized carbons (Fsp3) is 0.244. The summed E-state index contributed by atoms with van der Waals surface area (Å²) in [4.78, 5) is 32.0. The highest BCUT2D eigenvalue weighted by molar-refractivity contribution is 7.25. The number of rotatable bonds is 5. The molecule has 0 unspecified atom stereocenters. The smallest absolute Gasteiger partial charge is 0.200 e. The quantitative estimate of drug-likeness (QED) is 0.151. The van der Waals surface area contributed by atoms with E-state index in [-0.39, 0.29) is 43.3 Å². The van der Waals surface area contributed by atoms with Crippen LogP contribution in [0.5, 0.6) is 0 Å². The Morgan fingerprint density at radius 1 is 0.257 bits per heavy atom. The van der Waals surface area contributed by atoms with E-state index in [9.17, 15) is 0 Å². The van der Waals surface area contributed by atoms with Crippen molar-refractivity contribution < 1.29 is 8.83 Å². The van der Waals surface area contributed by atoms with Crippen molar-refractivity contribution in [3.8, 4) is 46.0 Å². The van der Waals surface area contributed by atoms with Crippen LogP contribution in [0.3, 0.4) is 0 Å². The fourth-order valence-electron chi connectivity index (χ4n) is 17.5. The van der Waals surface area contributed by atoms with Gasteiger partial charge in [-0.05, 0) is 185 Å². The lowest BCUT2D eigenvalue weighted by atomic mass is 9.86. The predicted octanol–water partition coefficient (Wildman–Crippen LogP) is 36.2. The molecule has 0 N–H and O–H groups in total. The monoisotopic (exact) mass is 1980 g/mol. The summed E-state index contributed by atoms with van der Waals surface area (Å²) >= 11 is 3.65. The molecule has 15 aromatic carbocycles. The maximum Gasteiger partial charge on any atom is 0.200 e. The van der Waals surface area contributed by atoms with Crippen molar-refractivity contribution in [1.29, 1.82) is 10.5 Å². The van der Waals surface area contributed by atoms with Crippen LogP contribution >= 0.6 is 22.7 Å². The van der Waals surface area contributed by atoms with Crippen LogP contribution in [0.2, 0.25) is 0 Å². The van der Waals surface area contributed by atoms with E-state index in [0.29, 0.717) is 11.3 Å². The zero-order valence-corrected chi connectivity index (χ0v) is 91.1. The van der Waals surface area contributed by atoms with Gasteiger partial charge >= 0.3 is 0 Å². The van der Waals surface area contributed by atoms with Gasteiger partial charge in [0, 0.05) is 92.1 Å². The zero-order valence-electron chi connectivity index (χ0n) is 89.5. The standard InChI is InChI=1S/C23H20N2O.C23H20N2S.C23H22N2.C17H18N2.C12H12N2.C11H13NO.C11H13NS.C11H13N/c2*1-23(2,3)22-24-18-9-5-6-10-19(18)25(22)15-12-13-17-16-8-4-7-11-20(16)26-21(17)14-15;1-23(2,3)22-24-20-11-7-8-12-21(20)25(22)19-15-13-18(14-16-19)17-9-5-4-6-10-17;1-17(2,3)16-18-14-11-7-8-12-15(14)19(16)13-9-5-4-6-10-13;1-12(2,3)10-5-9(8-13)6-11(7-10)14-4;2*1-11(2,3)10-12-8-6-4-5-7-9(8)13-10;1-11(2,3)10-6-4-9(8-12)5-7-10/h2*4-14H,1-3H3;4-16H,1-3H3;4-12H,1-3H3;5-7H,1-3H3;2*4-7H,1-3H3;4-7H,1-3H3. The molecule has 0 aliphatic rings. The summed E-state index contributed by atoms with van der Waals surface area (Å²) in [5.41, 5.74) is 24.9. The van der Waals surface area contributed by atoms with Crippen LogP contribution in [0.15, 0.2) is 367 Å². The molecule has 17 heteroatoms. The number of furan rings is 1. The van der Waals surface area contributed by atoms with Gasteiger partial charge in [-0.1, -0.05) is 366 Å². The fourth-order valence-corrected chi connectivity index (χ4v) is 19.6. The minimum atomic E-state index is -0.0676. The Morgan fingerprint density at radius 3 is 1.09 bits per heavy atom. The SMILES string of the molecule is CC(C)(C)c1ccc(C#N)cc1.CC(C)(C)c1nc2ccccc2n1-c1ccc(-c2ccccc2)cc1.CC(C)(C)c1nc2ccccc2n1-c1ccc2c(c1)oc1ccccc12.CC(C)(C)c1nc2ccccc2n1-c1ccc2c(c1)sc1ccccc12.CC(C)(C)c1nc2ccccc2n1-c1ccccc1.CC(C)(C)c1nc2ccccc2o1.CC(C)(C)c1nc2ccccc2s1.[C-]#[N+]c1cc(C#N)cc(C(C)(C)C)c1. The van der Waals surface area contributed by atoms with E-state index in [1.54, 1.807) is 17.4 Å². The average Bonchev–Trinajstić information content (AvgIpc) is 1.62. The van der Waals surface area contributed by atoms with E-state index in [2.05, 4.69) is 448 Å². The van der Waals surface area contributed by atoms with Crippen LogP contribution in [-0.4, -0.2) is 48.2 Å². The van der Waals surface area contributed by atoms with Crippen LogP contribution < -0.4 is 0 Å². The third kappa shape index (κ3) is 24.0. The number of hydrogen-bond acceptors (Lipinski definition) is 12. The normalized spacial score (nSPS) is 11.9. The van der Waals surface area contributed by atoms with E-state index in [4.69, 9.17) is 45.9 Å². The molecule has 8 aromatic heterocycles. The Balaban J connectivity index is 0.000000123. The lowest BCUT2D eigenvalue weighted by Gasteiger charge is -2.20. The molecule has 0 fully saturated rings. The summed E-state index contributed by atoms with van der Waals surface area (Å²) in [5, 5.41) is 23.6. The first kappa shape index (κ1) is 105. The molecule has 148 heavy (non-hydrogen) atoms. The molecule has 0 saturated heterocycles. The second kappa shape index (κ2) is 43.0. The average molecular weight is 1980 g/mol. The van der Waals surface area contributed by atoms with Gasteiger partial charge in [0.2, 0.25) is 5.89 Å². The summed E-state index contributed by atoms with van der Waals surface area (Å²) < 4.78 is 24.8. The summed E-state index contributed by atoms with van der Waals surface area (Å²) in [7, 11) is 0. The molecular weight excluding hydrogens is 1850 g/mol. The van der Waals surface area contributed by atoms with E-state index in [1.165, 1.54) is 63.5 Å². The van der Waals surface area contributed by atoms with Gasteiger partial charge in [0.25, 0.3) is 0 Å². The number of oxazole rings is 1. The molecule has 0 bridgehead atoms. The third-order valence-corrected chi connectivity index (χ3v) is 27.8. The van der Waals surface area contributed by atoms with Crippen LogP contribution in [-0.2, 0) is 43.3 Å². The number of nitriles is 2. The van der Waals surface area contributed by atoms with Gasteiger partial charge in [0.15, 0.2) is 11.3 Å². The molecule has 0 amide bonds. The number of aromatic nitrogens is 10. The first-order valence-electron chi connectivity index (χ1n) is 50.4. The second-order valence-corrected chi connectivity index (χ2v) is 47.6. The highest BCUT2D eigenvalue weighted by Crippen LogP contribution is 2.42. The highest BCUT2D eigenvalue weighted by Gasteiger charge is 2.30. The van der Waals surface area contributed by atoms with Crippen LogP contribution in [0.4, 0.5) is 5.69 Å². The Kier molecular flexibility index (Phi) is 30.5. The summed E-state index contributed by atoms with van der Waals surface area (Å²) in [5.74, 6) is 5.13. The molecule has 0 spiro atoms. The second-order valence-electron chi connectivity index (χ2n) is 45.5. The lowest BCUT2D eigenvalue weighted by Crippen LogP contribution is -2.18. The summed E-state index contributed by atoms with van der Waals surface area (Å²) in [6.45, 7) is 59.0. The van der Waals surface area contributed by atoms with Gasteiger partial charge in [0.1, 0.15) is 40.0 Å². The molecule has 0 radical (unpaired) electrons. The molecule has 15 nitrogen and oxygen atoms in total. The molecule has 8 heterocycles. The Morgan fingerprint density at radius 2 is 0.635 bits per heavy atom. The lowest BCUT2D eigenvalue weighted by molar-refractivity contribution is 0.411. The number of nitrogens with zero attached hydrogens (tertiary/aromatic N) is 13. The molecule has 744 valence electrons. The molecular formula is C131H131N13O2S2. The number of hydrogen-bond donors (Lipinski definition) is 0. The number of thiophene rings is 1. The largest absolute Gasteiger partial charge is 0.456 e. The van der Waals surface area contributed by atoms with Crippen LogP contribution in [0.25, 0.3) is 146 Å². The van der Waals surface area contributed by atoms with Gasteiger partial charge in [-0.15, -0.1) is 22.7 Å². The molecule has 0 aliphatic heterocycles. The van der Waals surface area contributed by atoms with Gasteiger partial charge in [-0.2, -0.15) is 10.5 Å². The van der Waals surface area contributed by atoms with E-state index < -0.39 is 0 Å². The van der Waals surface area contributed by atoms with Gasteiger partial charge in [-0.3, -0.25) is 18.3 Å². The van der Waals surface area contributed by atoms with Crippen molar-refractivity contribution in [2.45, 2.75) is 209 Å². The molecule has 23 aromatic rings. The molecule has 0 atom stereocenters. The van der Waals surface area contributed by atoms with Gasteiger partial charge in [0.05, 0.1) is 89.3 Å². The first-order valence-corrected chi connectivity index (χ1v) is 52.1. The van der Waals surface area contributed by atoms with Crippen molar-refractivity contribution in [3.05, 3.63) is 426 Å². The van der Waals surface area contributed by atoms with Crippen molar-refractivity contribution >= 4 is 136 Å². The van der Waals surface area contributed by atoms with Gasteiger partial charge in [-0.25, -0.2) is 34.7 Å². The van der Waals surface area contributed by atoms with E-state index >= 15 is 0 Å². The Hall–Kier alpha value is -16.0. The van der Waals surface area contributed by atoms with E-state index in [0.717, 1.165) is 129 Å². The van der Waals surface area contributed by atoms with Gasteiger partial charge < -0.3 is 8.83 Å². The topological polar surface area (TPSA) is 175 Å². The van der Waals surface area contributed by atoms with Crippen molar-refractivity contribution in [2.75, 3.05) is 0 Å². The van der Waals surface area contributed by atoms with Crippen molar-refractivity contribution in [3.63, 3.8) is 0 Å².